The molecule has 4 heteroatoms. The molecule has 0 amide bonds. The van der Waals surface area contributed by atoms with E-state index in [1.165, 1.54) is 25.0 Å². The lowest BCUT2D eigenvalue weighted by Crippen LogP contribution is -2.30. The molecule has 2 nitrogen and oxygen atoms in total. The summed E-state index contributed by atoms with van der Waals surface area (Å²) >= 11 is 5.96. The van der Waals surface area contributed by atoms with Gasteiger partial charge < -0.3 is 0 Å². The maximum atomic E-state index is 12.9. The molecule has 1 aliphatic carbocycles. The summed E-state index contributed by atoms with van der Waals surface area (Å²) < 4.78 is 12.9. The Kier molecular flexibility index (Phi) is 3.98. The van der Waals surface area contributed by atoms with Crippen molar-refractivity contribution in [2.75, 3.05) is 0 Å². The van der Waals surface area contributed by atoms with E-state index < -0.39 is 6.04 Å². The molecular formula is C13H14ClFN2. The Bertz CT molecular complexity index is 436. The zero-order valence-corrected chi connectivity index (χ0v) is 10.2. The van der Waals surface area contributed by atoms with Gasteiger partial charge in [0.05, 0.1) is 6.07 Å². The van der Waals surface area contributed by atoms with Crippen LogP contribution in [0.15, 0.2) is 18.2 Å². The van der Waals surface area contributed by atoms with E-state index in [-0.39, 0.29) is 5.82 Å². The average Bonchev–Trinajstić information content (AvgIpc) is 2.79. The third kappa shape index (κ3) is 2.96. The average molecular weight is 253 g/mol. The molecule has 1 N–H and O–H groups in total. The summed E-state index contributed by atoms with van der Waals surface area (Å²) in [6.45, 7) is 0. The Balaban J connectivity index is 2.14. The van der Waals surface area contributed by atoms with Crippen LogP contribution in [0.3, 0.4) is 0 Å². The van der Waals surface area contributed by atoms with Crippen LogP contribution in [0.5, 0.6) is 0 Å². The highest BCUT2D eigenvalue weighted by atomic mass is 35.5. The molecule has 0 aliphatic heterocycles. The number of nitrogens with one attached hydrogen (secondary N) is 1. The van der Waals surface area contributed by atoms with Gasteiger partial charge in [-0.3, -0.25) is 5.32 Å². The molecule has 0 saturated heterocycles. The van der Waals surface area contributed by atoms with Gasteiger partial charge in [0.15, 0.2) is 0 Å². The molecule has 1 aromatic rings. The minimum absolute atomic E-state index is 0.307. The van der Waals surface area contributed by atoms with E-state index in [4.69, 9.17) is 16.9 Å². The molecule has 1 aliphatic rings. The molecule has 0 radical (unpaired) electrons. The van der Waals surface area contributed by atoms with Crippen molar-refractivity contribution in [2.24, 2.45) is 0 Å². The normalized spacial score (nSPS) is 17.9. The van der Waals surface area contributed by atoms with E-state index in [0.717, 1.165) is 12.8 Å². The largest absolute Gasteiger partial charge is 0.295 e. The fourth-order valence-electron chi connectivity index (χ4n) is 2.26. The summed E-state index contributed by atoms with van der Waals surface area (Å²) in [6.07, 6.45) is 4.59. The molecule has 0 aromatic heterocycles. The monoisotopic (exact) mass is 252 g/mol. The fraction of sp³-hybridized carbons (Fsp3) is 0.462. The van der Waals surface area contributed by atoms with Gasteiger partial charge in [-0.25, -0.2) is 4.39 Å². The minimum atomic E-state index is -0.453. The second-order valence-corrected chi connectivity index (χ2v) is 4.78. The SMILES string of the molecule is N#CC(NC1CCCC1)c1ccc(F)cc1Cl. The van der Waals surface area contributed by atoms with Crippen LogP contribution in [0.25, 0.3) is 0 Å². The number of nitriles is 1. The van der Waals surface area contributed by atoms with Gasteiger partial charge in [-0.05, 0) is 25.0 Å². The van der Waals surface area contributed by atoms with Crippen LogP contribution in [-0.2, 0) is 0 Å². The quantitative estimate of drug-likeness (QED) is 0.893. The molecule has 0 bridgehead atoms. The van der Waals surface area contributed by atoms with Crippen LogP contribution < -0.4 is 5.32 Å². The fourth-order valence-corrected chi connectivity index (χ4v) is 2.54. The van der Waals surface area contributed by atoms with E-state index >= 15 is 0 Å². The van der Waals surface area contributed by atoms with E-state index in [0.29, 0.717) is 16.6 Å². The molecule has 90 valence electrons. The van der Waals surface area contributed by atoms with Crippen molar-refractivity contribution in [2.45, 2.75) is 37.8 Å². The minimum Gasteiger partial charge on any atom is -0.295 e. The summed E-state index contributed by atoms with van der Waals surface area (Å²) in [4.78, 5) is 0. The Labute approximate surface area is 105 Å². The van der Waals surface area contributed by atoms with Gasteiger partial charge in [0.25, 0.3) is 0 Å². The van der Waals surface area contributed by atoms with Crippen LogP contribution in [0, 0.1) is 17.1 Å². The summed E-state index contributed by atoms with van der Waals surface area (Å²) in [6, 6.07) is 6.27. The predicted octanol–water partition coefficient (Wildman–Crippen LogP) is 3.58. The number of benzene rings is 1. The van der Waals surface area contributed by atoms with Gasteiger partial charge in [-0.2, -0.15) is 5.26 Å². The molecule has 2 rings (SSSR count). The van der Waals surface area contributed by atoms with Gasteiger partial charge in [0.2, 0.25) is 0 Å². The van der Waals surface area contributed by atoms with Crippen molar-refractivity contribution in [1.29, 1.82) is 5.26 Å². The third-order valence-electron chi connectivity index (χ3n) is 3.16. The number of hydrogen-bond donors (Lipinski definition) is 1. The van der Waals surface area contributed by atoms with Gasteiger partial charge in [0.1, 0.15) is 11.9 Å². The summed E-state index contributed by atoms with van der Waals surface area (Å²) in [7, 11) is 0. The summed E-state index contributed by atoms with van der Waals surface area (Å²) in [5.74, 6) is -0.378. The molecule has 1 atom stereocenters. The number of rotatable bonds is 3. The van der Waals surface area contributed by atoms with E-state index in [9.17, 15) is 4.39 Å². The maximum Gasteiger partial charge on any atom is 0.124 e. The first-order valence-corrected chi connectivity index (χ1v) is 6.19. The highest BCUT2D eigenvalue weighted by molar-refractivity contribution is 6.31. The lowest BCUT2D eigenvalue weighted by atomic mass is 10.1. The second-order valence-electron chi connectivity index (χ2n) is 4.38. The van der Waals surface area contributed by atoms with Crippen molar-refractivity contribution in [1.82, 2.24) is 5.32 Å². The first-order chi connectivity index (χ1) is 8.20. The van der Waals surface area contributed by atoms with Crippen molar-refractivity contribution in [3.8, 4) is 6.07 Å². The Morgan fingerprint density at radius 3 is 2.71 bits per heavy atom. The van der Waals surface area contributed by atoms with E-state index in [2.05, 4.69) is 11.4 Å². The lowest BCUT2D eigenvalue weighted by molar-refractivity contribution is 0.492. The van der Waals surface area contributed by atoms with Crippen LogP contribution in [0.1, 0.15) is 37.3 Å². The van der Waals surface area contributed by atoms with Crippen molar-refractivity contribution >= 4 is 11.6 Å². The molecule has 1 saturated carbocycles. The number of nitrogens with zero attached hydrogens (tertiary/aromatic N) is 1. The van der Waals surface area contributed by atoms with Gasteiger partial charge >= 0.3 is 0 Å². The smallest absolute Gasteiger partial charge is 0.124 e. The van der Waals surface area contributed by atoms with Crippen molar-refractivity contribution in [3.05, 3.63) is 34.6 Å². The first kappa shape index (κ1) is 12.3. The van der Waals surface area contributed by atoms with Crippen molar-refractivity contribution in [3.63, 3.8) is 0 Å². The summed E-state index contributed by atoms with van der Waals surface area (Å²) in [5, 5.41) is 12.8. The lowest BCUT2D eigenvalue weighted by Gasteiger charge is -2.18. The molecule has 0 spiro atoms. The highest BCUT2D eigenvalue weighted by Crippen LogP contribution is 2.26. The third-order valence-corrected chi connectivity index (χ3v) is 3.49. The molecular weight excluding hydrogens is 239 g/mol. The molecule has 1 aromatic carbocycles. The molecule has 17 heavy (non-hydrogen) atoms. The second kappa shape index (κ2) is 5.48. The number of halogens is 2. The maximum absolute atomic E-state index is 12.9. The summed E-state index contributed by atoms with van der Waals surface area (Å²) in [5.41, 5.74) is 0.655. The van der Waals surface area contributed by atoms with E-state index in [1.54, 1.807) is 6.07 Å². The molecule has 1 unspecified atom stereocenters. The zero-order chi connectivity index (χ0) is 12.3. The van der Waals surface area contributed by atoms with Crippen LogP contribution >= 0.6 is 11.6 Å². The van der Waals surface area contributed by atoms with Crippen LogP contribution in [-0.4, -0.2) is 6.04 Å². The van der Waals surface area contributed by atoms with Gasteiger partial charge in [-0.15, -0.1) is 0 Å². The predicted molar refractivity (Wildman–Crippen MR) is 65.2 cm³/mol. The van der Waals surface area contributed by atoms with Crippen LogP contribution in [0.4, 0.5) is 4.39 Å². The Morgan fingerprint density at radius 2 is 2.12 bits per heavy atom. The molecule has 1 fully saturated rings. The highest BCUT2D eigenvalue weighted by Gasteiger charge is 2.21. The Hall–Kier alpha value is -1.11. The van der Waals surface area contributed by atoms with Crippen LogP contribution in [0.2, 0.25) is 5.02 Å². The van der Waals surface area contributed by atoms with Gasteiger partial charge in [0, 0.05) is 16.6 Å². The standard InChI is InChI=1S/C13H14ClFN2/c14-12-7-9(15)5-6-11(12)13(8-16)17-10-3-1-2-4-10/h5-7,10,13,17H,1-4H2. The first-order valence-electron chi connectivity index (χ1n) is 5.81. The molecule has 0 heterocycles. The number of hydrogen-bond acceptors (Lipinski definition) is 2. The van der Waals surface area contributed by atoms with Gasteiger partial charge in [-0.1, -0.05) is 30.5 Å². The Morgan fingerprint density at radius 1 is 1.41 bits per heavy atom. The topological polar surface area (TPSA) is 35.8 Å². The zero-order valence-electron chi connectivity index (χ0n) is 9.42. The van der Waals surface area contributed by atoms with Crippen molar-refractivity contribution < 1.29 is 4.39 Å². The van der Waals surface area contributed by atoms with E-state index in [1.807, 2.05) is 0 Å².